The van der Waals surface area contributed by atoms with Gasteiger partial charge in [-0.1, -0.05) is 17.9 Å². The molecule has 2 heterocycles. The number of aryl methyl sites for hydroxylation is 1. The number of hydrogen-bond donors (Lipinski definition) is 1. The highest BCUT2D eigenvalue weighted by Crippen LogP contribution is 2.19. The summed E-state index contributed by atoms with van der Waals surface area (Å²) < 4.78 is 15.1. The second kappa shape index (κ2) is 7.34. The third-order valence-electron chi connectivity index (χ3n) is 4.92. The Morgan fingerprint density at radius 3 is 2.81 bits per heavy atom. The van der Waals surface area contributed by atoms with E-state index in [1.807, 2.05) is 23.7 Å². The molecule has 0 fully saturated rings. The summed E-state index contributed by atoms with van der Waals surface area (Å²) in [6, 6.07) is 11.6. The topological polar surface area (TPSA) is 46.9 Å². The first-order valence-electron chi connectivity index (χ1n) is 9.10. The van der Waals surface area contributed by atoms with Crippen molar-refractivity contribution in [3.63, 3.8) is 0 Å². The molecule has 3 aromatic rings. The summed E-state index contributed by atoms with van der Waals surface area (Å²) in [5.74, 6) is 6.97. The maximum atomic E-state index is 13.3. The van der Waals surface area contributed by atoms with Crippen LogP contribution >= 0.6 is 0 Å². The van der Waals surface area contributed by atoms with Crippen molar-refractivity contribution < 1.29 is 4.39 Å². The maximum absolute atomic E-state index is 13.3. The van der Waals surface area contributed by atoms with Gasteiger partial charge in [0.15, 0.2) is 0 Å². The number of aromatic nitrogens is 2. The molecule has 0 radical (unpaired) electrons. The van der Waals surface area contributed by atoms with Gasteiger partial charge in [0.2, 0.25) is 0 Å². The molecule has 1 aromatic heterocycles. The summed E-state index contributed by atoms with van der Waals surface area (Å²) in [6.07, 6.45) is 1.83. The molecule has 27 heavy (non-hydrogen) atoms. The van der Waals surface area contributed by atoms with Crippen LogP contribution in [0.15, 0.2) is 47.3 Å². The van der Waals surface area contributed by atoms with Crippen molar-refractivity contribution in [1.29, 1.82) is 0 Å². The van der Waals surface area contributed by atoms with Crippen molar-refractivity contribution in [2.24, 2.45) is 5.92 Å². The molecule has 1 atom stereocenters. The fraction of sp³-hybridized carbons (Fsp3) is 0.273. The van der Waals surface area contributed by atoms with Crippen molar-refractivity contribution >= 4 is 10.9 Å². The van der Waals surface area contributed by atoms with Gasteiger partial charge in [0, 0.05) is 24.1 Å². The van der Waals surface area contributed by atoms with Gasteiger partial charge in [-0.3, -0.25) is 9.36 Å². The molecular weight excluding hydrogens is 341 g/mol. The van der Waals surface area contributed by atoms with Gasteiger partial charge < -0.3 is 5.32 Å². The molecule has 0 amide bonds. The van der Waals surface area contributed by atoms with Crippen molar-refractivity contribution in [1.82, 2.24) is 14.9 Å². The number of nitrogens with one attached hydrogen (secondary N) is 1. The minimum Gasteiger partial charge on any atom is -0.319 e. The molecule has 1 aliphatic heterocycles. The van der Waals surface area contributed by atoms with E-state index in [-0.39, 0.29) is 11.4 Å². The lowest BCUT2D eigenvalue weighted by Gasteiger charge is -2.25. The van der Waals surface area contributed by atoms with Gasteiger partial charge in [-0.15, -0.1) is 0 Å². The molecule has 0 spiro atoms. The standard InChI is InChI=1S/C22H20FN3O/c1-24-13-17-8-10-21-25-20-12-16(6-5-15-3-2-4-18(23)11-15)7-9-19(20)22(27)26(21)14-17/h2-4,7,9,11-12,17,24H,8,10,13-14H2,1H3. The zero-order chi connectivity index (χ0) is 18.8. The molecule has 4 nitrogen and oxygen atoms in total. The van der Waals surface area contributed by atoms with Gasteiger partial charge in [-0.25, -0.2) is 9.37 Å². The SMILES string of the molecule is CNCC1CCc2nc3cc(C#Cc4cccc(F)c4)ccc3c(=O)n2C1. The van der Waals surface area contributed by atoms with Crippen LogP contribution in [0.2, 0.25) is 0 Å². The number of benzene rings is 2. The molecule has 1 aliphatic rings. The fourth-order valence-electron chi connectivity index (χ4n) is 3.57. The minimum absolute atomic E-state index is 0.0143. The second-order valence-electron chi connectivity index (χ2n) is 6.90. The van der Waals surface area contributed by atoms with Crippen LogP contribution in [-0.2, 0) is 13.0 Å². The Hall–Kier alpha value is -2.97. The van der Waals surface area contributed by atoms with Crippen molar-refractivity contribution in [3.05, 3.63) is 75.6 Å². The molecule has 1 unspecified atom stereocenters. The van der Waals surface area contributed by atoms with E-state index in [9.17, 15) is 9.18 Å². The van der Waals surface area contributed by atoms with Crippen LogP contribution in [0.4, 0.5) is 4.39 Å². The predicted octanol–water partition coefficient (Wildman–Crippen LogP) is 2.72. The monoisotopic (exact) mass is 361 g/mol. The van der Waals surface area contributed by atoms with E-state index in [2.05, 4.69) is 17.2 Å². The Morgan fingerprint density at radius 1 is 1.22 bits per heavy atom. The number of nitrogens with zero attached hydrogens (tertiary/aromatic N) is 2. The molecule has 1 N–H and O–H groups in total. The highest BCUT2D eigenvalue weighted by molar-refractivity contribution is 5.79. The molecule has 2 aromatic carbocycles. The highest BCUT2D eigenvalue weighted by atomic mass is 19.1. The van der Waals surface area contributed by atoms with Crippen LogP contribution in [0.25, 0.3) is 10.9 Å². The summed E-state index contributed by atoms with van der Waals surface area (Å²) in [6.45, 7) is 1.61. The number of halogens is 1. The molecule has 136 valence electrons. The van der Waals surface area contributed by atoms with Crippen LogP contribution in [-0.4, -0.2) is 23.1 Å². The zero-order valence-electron chi connectivity index (χ0n) is 15.1. The fourth-order valence-corrected chi connectivity index (χ4v) is 3.57. The lowest BCUT2D eigenvalue weighted by Crippen LogP contribution is -2.36. The van der Waals surface area contributed by atoms with E-state index in [0.29, 0.717) is 28.9 Å². The molecule has 5 heteroatoms. The third-order valence-corrected chi connectivity index (χ3v) is 4.92. The first kappa shape index (κ1) is 17.4. The third kappa shape index (κ3) is 3.62. The average Bonchev–Trinajstić information content (AvgIpc) is 2.67. The van der Waals surface area contributed by atoms with Crippen LogP contribution in [0.5, 0.6) is 0 Å². The quantitative estimate of drug-likeness (QED) is 0.714. The summed E-state index contributed by atoms with van der Waals surface area (Å²) in [4.78, 5) is 17.6. The molecule has 0 aliphatic carbocycles. The van der Waals surface area contributed by atoms with Crippen LogP contribution in [0.1, 0.15) is 23.4 Å². The number of fused-ring (bicyclic) bond motifs is 2. The lowest BCUT2D eigenvalue weighted by molar-refractivity contribution is 0.346. The average molecular weight is 361 g/mol. The van der Waals surface area contributed by atoms with E-state index >= 15 is 0 Å². The predicted molar refractivity (Wildman–Crippen MR) is 104 cm³/mol. The van der Waals surface area contributed by atoms with Crippen LogP contribution in [0, 0.1) is 23.6 Å². The molecular formula is C22H20FN3O. The Morgan fingerprint density at radius 2 is 2.04 bits per heavy atom. The maximum Gasteiger partial charge on any atom is 0.261 e. The molecule has 0 saturated carbocycles. The largest absolute Gasteiger partial charge is 0.319 e. The van der Waals surface area contributed by atoms with E-state index in [1.165, 1.54) is 12.1 Å². The normalized spacial score (nSPS) is 15.9. The van der Waals surface area contributed by atoms with Gasteiger partial charge in [0.1, 0.15) is 11.6 Å². The summed E-state index contributed by atoms with van der Waals surface area (Å²) in [7, 11) is 1.93. The molecule has 0 bridgehead atoms. The van der Waals surface area contributed by atoms with Gasteiger partial charge in [-0.05, 0) is 62.3 Å². The first-order chi connectivity index (χ1) is 13.1. The highest BCUT2D eigenvalue weighted by Gasteiger charge is 2.21. The van der Waals surface area contributed by atoms with Crippen molar-refractivity contribution in [2.45, 2.75) is 19.4 Å². The van der Waals surface area contributed by atoms with E-state index in [4.69, 9.17) is 4.98 Å². The van der Waals surface area contributed by atoms with Gasteiger partial charge in [0.25, 0.3) is 5.56 Å². The Kier molecular flexibility index (Phi) is 4.74. The van der Waals surface area contributed by atoms with Crippen LogP contribution < -0.4 is 10.9 Å². The first-order valence-corrected chi connectivity index (χ1v) is 9.10. The Balaban J connectivity index is 1.70. The minimum atomic E-state index is -0.307. The lowest BCUT2D eigenvalue weighted by atomic mass is 9.98. The zero-order valence-corrected chi connectivity index (χ0v) is 15.1. The van der Waals surface area contributed by atoms with Crippen LogP contribution in [0.3, 0.4) is 0 Å². The van der Waals surface area contributed by atoms with Gasteiger partial charge in [0.05, 0.1) is 10.9 Å². The summed E-state index contributed by atoms with van der Waals surface area (Å²) >= 11 is 0. The Labute approximate surface area is 157 Å². The van der Waals surface area contributed by atoms with E-state index < -0.39 is 0 Å². The number of rotatable bonds is 2. The van der Waals surface area contributed by atoms with Gasteiger partial charge >= 0.3 is 0 Å². The molecule has 4 rings (SSSR count). The van der Waals surface area contributed by atoms with Crippen molar-refractivity contribution in [2.75, 3.05) is 13.6 Å². The summed E-state index contributed by atoms with van der Waals surface area (Å²) in [5.41, 5.74) is 2.06. The van der Waals surface area contributed by atoms with E-state index in [1.54, 1.807) is 18.2 Å². The number of hydrogen-bond acceptors (Lipinski definition) is 3. The van der Waals surface area contributed by atoms with Gasteiger partial charge in [-0.2, -0.15) is 0 Å². The smallest absolute Gasteiger partial charge is 0.261 e. The van der Waals surface area contributed by atoms with Crippen molar-refractivity contribution in [3.8, 4) is 11.8 Å². The summed E-state index contributed by atoms with van der Waals surface area (Å²) in [5, 5.41) is 3.80. The second-order valence-corrected chi connectivity index (χ2v) is 6.90. The Bertz CT molecular complexity index is 1120. The molecule has 0 saturated heterocycles. The van der Waals surface area contributed by atoms with E-state index in [0.717, 1.165) is 30.8 Å².